The fraction of sp³-hybridized carbons (Fsp3) is 0.864. The zero-order valence-electron chi connectivity index (χ0n) is 17.8. The Kier molecular flexibility index (Phi) is 14.2. The van der Waals surface area contributed by atoms with E-state index in [1.165, 1.54) is 58.5 Å². The Bertz CT molecular complexity index is 416. The topological polar surface area (TPSA) is 55.7 Å². The molecule has 0 N–H and O–H groups in total. The van der Waals surface area contributed by atoms with Crippen molar-refractivity contribution in [2.45, 2.75) is 111 Å². The van der Waals surface area contributed by atoms with Crippen LogP contribution in [0.5, 0.6) is 0 Å². The minimum absolute atomic E-state index is 0.184. The molecule has 4 heteroatoms. The highest BCUT2D eigenvalue weighted by Crippen LogP contribution is 2.21. The van der Waals surface area contributed by atoms with Crippen LogP contribution >= 0.6 is 0 Å². The van der Waals surface area contributed by atoms with Crippen LogP contribution in [0, 0.1) is 5.41 Å². The molecule has 0 radical (unpaired) electrons. The fourth-order valence-corrected chi connectivity index (χ4v) is 2.83. The van der Waals surface area contributed by atoms with E-state index in [1.807, 2.05) is 13.8 Å². The molecule has 0 bridgehead atoms. The van der Waals surface area contributed by atoms with Crippen LogP contribution in [0.3, 0.4) is 0 Å². The number of nitrogens with zero attached hydrogens (tertiary/aromatic N) is 1. The van der Waals surface area contributed by atoms with E-state index in [4.69, 9.17) is 0 Å². The van der Waals surface area contributed by atoms with E-state index < -0.39 is 6.04 Å². The van der Waals surface area contributed by atoms with Crippen LogP contribution in [-0.2, 0) is 14.3 Å². The Morgan fingerprint density at radius 1 is 0.962 bits per heavy atom. The number of esters is 1. The Morgan fingerprint density at radius 3 is 2.04 bits per heavy atom. The molecule has 0 rings (SSSR count). The van der Waals surface area contributed by atoms with E-state index in [-0.39, 0.29) is 11.4 Å². The summed E-state index contributed by atoms with van der Waals surface area (Å²) in [5.41, 5.74) is -0.184. The maximum Gasteiger partial charge on any atom is 0.330 e. The molecule has 0 heterocycles. The summed E-state index contributed by atoms with van der Waals surface area (Å²) in [6, 6.07) is -0.489. The molecule has 0 aliphatic rings. The molecule has 0 saturated heterocycles. The number of rotatable bonds is 16. The van der Waals surface area contributed by atoms with Gasteiger partial charge in [0, 0.05) is 24.5 Å². The van der Waals surface area contributed by atoms with Gasteiger partial charge in [-0.1, -0.05) is 72.1 Å². The zero-order chi connectivity index (χ0) is 19.8. The molecule has 0 aromatic carbocycles. The lowest BCUT2D eigenvalue weighted by Gasteiger charge is -2.19. The minimum atomic E-state index is -0.489. The second-order valence-electron chi connectivity index (χ2n) is 8.08. The number of hydrogen-bond donors (Lipinski definition) is 0. The van der Waals surface area contributed by atoms with Crippen LogP contribution < -0.4 is 0 Å². The number of aliphatic imine (C=N–C) groups is 1. The average Bonchev–Trinajstić information content (AvgIpc) is 2.62. The predicted octanol–water partition coefficient (Wildman–Crippen LogP) is 5.92. The highest BCUT2D eigenvalue weighted by atomic mass is 16.5. The van der Waals surface area contributed by atoms with Crippen LogP contribution in [0.2, 0.25) is 0 Å². The third-order valence-electron chi connectivity index (χ3n) is 4.80. The maximum atomic E-state index is 12.1. The maximum absolute atomic E-state index is 12.1. The van der Waals surface area contributed by atoms with E-state index >= 15 is 0 Å². The summed E-state index contributed by atoms with van der Waals surface area (Å²) in [5.74, 6) is 0.00827. The molecule has 1 atom stereocenters. The van der Waals surface area contributed by atoms with Crippen LogP contribution in [0.4, 0.5) is 0 Å². The average molecular weight is 368 g/mol. The van der Waals surface area contributed by atoms with Gasteiger partial charge in [-0.2, -0.15) is 0 Å². The van der Waals surface area contributed by atoms with Gasteiger partial charge in [-0.05, 0) is 19.8 Å². The quantitative estimate of drug-likeness (QED) is 0.193. The zero-order valence-corrected chi connectivity index (χ0v) is 17.8. The van der Waals surface area contributed by atoms with Gasteiger partial charge in [0.05, 0.1) is 7.11 Å². The lowest BCUT2D eigenvalue weighted by Crippen LogP contribution is -2.20. The Hall–Kier alpha value is -1.19. The van der Waals surface area contributed by atoms with E-state index in [1.54, 1.807) is 13.1 Å². The van der Waals surface area contributed by atoms with Crippen molar-refractivity contribution >= 4 is 18.0 Å². The molecule has 0 spiro atoms. The molecular weight excluding hydrogens is 326 g/mol. The van der Waals surface area contributed by atoms with Crippen LogP contribution in [0.1, 0.15) is 105 Å². The van der Waals surface area contributed by atoms with Gasteiger partial charge in [-0.15, -0.1) is 0 Å². The first-order valence-corrected chi connectivity index (χ1v) is 10.5. The Morgan fingerprint density at radius 2 is 1.50 bits per heavy atom. The van der Waals surface area contributed by atoms with E-state index in [9.17, 15) is 9.59 Å². The van der Waals surface area contributed by atoms with E-state index in [2.05, 4.69) is 16.7 Å². The summed E-state index contributed by atoms with van der Waals surface area (Å²) in [6.45, 7) is 8.06. The van der Waals surface area contributed by atoms with Crippen molar-refractivity contribution in [3.05, 3.63) is 0 Å². The molecule has 0 fully saturated rings. The first kappa shape index (κ1) is 24.8. The van der Waals surface area contributed by atoms with Gasteiger partial charge < -0.3 is 4.74 Å². The summed E-state index contributed by atoms with van der Waals surface area (Å²) in [5, 5.41) is 0. The molecule has 26 heavy (non-hydrogen) atoms. The number of ether oxygens (including phenoxy) is 1. The number of ketones is 1. The molecule has 0 aliphatic heterocycles. The summed E-state index contributed by atoms with van der Waals surface area (Å²) in [6.07, 6.45) is 15.3. The molecule has 1 unspecified atom stereocenters. The standard InChI is InChI=1S/C22H41NO3/c1-6-7-8-9-10-11-12-13-14-15-20(24)16-17-22(3,4)18-23-19(2)21(25)26-5/h18-19H,6-17H2,1-5H3. The summed E-state index contributed by atoms with van der Waals surface area (Å²) in [7, 11) is 1.37. The molecule has 0 amide bonds. The number of carbonyl (C=O) groups is 2. The lowest BCUT2D eigenvalue weighted by molar-refractivity contribution is -0.141. The molecule has 0 aromatic heterocycles. The fourth-order valence-electron chi connectivity index (χ4n) is 2.83. The monoisotopic (exact) mass is 367 g/mol. The number of Topliss-reactive ketones (excluding diaryl/α,β-unsaturated/α-hetero) is 1. The molecule has 0 aromatic rings. The lowest BCUT2D eigenvalue weighted by atomic mass is 9.87. The summed E-state index contributed by atoms with van der Waals surface area (Å²) in [4.78, 5) is 27.7. The van der Waals surface area contributed by atoms with Crippen LogP contribution in [-0.4, -0.2) is 31.1 Å². The van der Waals surface area contributed by atoms with Gasteiger partial charge >= 0.3 is 5.97 Å². The first-order chi connectivity index (χ1) is 12.3. The van der Waals surface area contributed by atoms with Gasteiger partial charge in [0.25, 0.3) is 0 Å². The van der Waals surface area contributed by atoms with Crippen molar-refractivity contribution in [2.75, 3.05) is 7.11 Å². The second-order valence-corrected chi connectivity index (χ2v) is 8.08. The minimum Gasteiger partial charge on any atom is -0.467 e. The molecular formula is C22H41NO3. The predicted molar refractivity (Wildman–Crippen MR) is 110 cm³/mol. The Labute approximate surface area is 161 Å². The second kappa shape index (κ2) is 14.9. The third-order valence-corrected chi connectivity index (χ3v) is 4.80. The van der Waals surface area contributed by atoms with Gasteiger partial charge in [0.1, 0.15) is 11.8 Å². The van der Waals surface area contributed by atoms with Crippen molar-refractivity contribution in [3.63, 3.8) is 0 Å². The van der Waals surface area contributed by atoms with Gasteiger partial charge in [-0.3, -0.25) is 9.79 Å². The Balaban J connectivity index is 3.80. The van der Waals surface area contributed by atoms with Crippen LogP contribution in [0.25, 0.3) is 0 Å². The number of carbonyl (C=O) groups excluding carboxylic acids is 2. The van der Waals surface area contributed by atoms with Gasteiger partial charge in [0.2, 0.25) is 0 Å². The largest absolute Gasteiger partial charge is 0.467 e. The SMILES string of the molecule is CCCCCCCCCCCC(=O)CCC(C)(C)C=NC(C)C(=O)OC. The van der Waals surface area contributed by atoms with Crippen LogP contribution in [0.15, 0.2) is 4.99 Å². The van der Waals surface area contributed by atoms with Crippen molar-refractivity contribution < 1.29 is 14.3 Å². The van der Waals surface area contributed by atoms with E-state index in [0.29, 0.717) is 18.6 Å². The number of hydrogen-bond acceptors (Lipinski definition) is 4. The third kappa shape index (κ3) is 14.0. The highest BCUT2D eigenvalue weighted by molar-refractivity contribution is 5.80. The van der Waals surface area contributed by atoms with Crippen molar-refractivity contribution in [2.24, 2.45) is 10.4 Å². The number of methoxy groups -OCH3 is 1. The summed E-state index contributed by atoms with van der Waals surface area (Å²) < 4.78 is 4.67. The van der Waals surface area contributed by atoms with Crippen molar-refractivity contribution in [1.29, 1.82) is 0 Å². The van der Waals surface area contributed by atoms with Crippen molar-refractivity contribution in [1.82, 2.24) is 0 Å². The molecule has 0 saturated carbocycles. The van der Waals surface area contributed by atoms with Gasteiger partial charge in [0.15, 0.2) is 0 Å². The highest BCUT2D eigenvalue weighted by Gasteiger charge is 2.18. The summed E-state index contributed by atoms with van der Waals surface area (Å²) >= 11 is 0. The number of unbranched alkanes of at least 4 members (excludes halogenated alkanes) is 8. The first-order valence-electron chi connectivity index (χ1n) is 10.5. The molecule has 152 valence electrons. The normalized spacial score (nSPS) is 13.1. The smallest absolute Gasteiger partial charge is 0.330 e. The van der Waals surface area contributed by atoms with E-state index in [0.717, 1.165) is 12.8 Å². The molecule has 0 aliphatic carbocycles. The van der Waals surface area contributed by atoms with Crippen molar-refractivity contribution in [3.8, 4) is 0 Å². The molecule has 4 nitrogen and oxygen atoms in total. The van der Waals surface area contributed by atoms with Gasteiger partial charge in [-0.25, -0.2) is 4.79 Å².